The van der Waals surface area contributed by atoms with Gasteiger partial charge >= 0.3 is 0 Å². The predicted octanol–water partition coefficient (Wildman–Crippen LogP) is 3.85. The second-order valence-electron chi connectivity index (χ2n) is 7.23. The molecular weight excluding hydrogens is 382 g/mol. The molecule has 1 unspecified atom stereocenters. The molecule has 2 heterocycles. The molecule has 1 aromatic carbocycles. The summed E-state index contributed by atoms with van der Waals surface area (Å²) in [6.45, 7) is 8.28. The molecule has 3 rings (SSSR count). The first-order valence-electron chi connectivity index (χ1n) is 10.2. The first-order chi connectivity index (χ1) is 14.4. The van der Waals surface area contributed by atoms with Crippen LogP contribution in [0.1, 0.15) is 56.1 Å². The molecular formula is C22H27N5O3. The molecule has 0 aliphatic carbocycles. The van der Waals surface area contributed by atoms with Gasteiger partial charge in [0.05, 0.1) is 18.2 Å². The molecule has 0 radical (unpaired) electrons. The Labute approximate surface area is 176 Å². The summed E-state index contributed by atoms with van der Waals surface area (Å²) in [4.78, 5) is 33.5. The molecule has 1 atom stereocenters. The van der Waals surface area contributed by atoms with Crippen LogP contribution in [-0.4, -0.2) is 39.9 Å². The quantitative estimate of drug-likeness (QED) is 0.702. The molecule has 8 heteroatoms. The third kappa shape index (κ3) is 4.82. The maximum Gasteiger partial charge on any atom is 0.257 e. The van der Waals surface area contributed by atoms with Crippen LogP contribution in [0.25, 0.3) is 0 Å². The van der Waals surface area contributed by atoms with Crippen molar-refractivity contribution in [3.05, 3.63) is 41.6 Å². The van der Waals surface area contributed by atoms with Gasteiger partial charge in [-0.05, 0) is 51.0 Å². The standard InChI is InChI=1S/C22H27N5O3/c1-5-7-12-30-17-10-8-16(9-11-17)20(28)24-19-13-14(3)26-27(19)22-23-15(4)18(6-2)21(29)25-22/h8-11,13,18H,5-7,12H2,1-4H3,(H,24,28). The lowest BCUT2D eigenvalue weighted by molar-refractivity contribution is -0.119. The molecule has 30 heavy (non-hydrogen) atoms. The normalized spacial score (nSPS) is 16.1. The van der Waals surface area contributed by atoms with Gasteiger partial charge in [-0.3, -0.25) is 9.59 Å². The molecule has 1 aliphatic heterocycles. The van der Waals surface area contributed by atoms with E-state index < -0.39 is 0 Å². The molecule has 1 aromatic heterocycles. The lowest BCUT2D eigenvalue weighted by Gasteiger charge is -2.17. The fourth-order valence-corrected chi connectivity index (χ4v) is 3.15. The fourth-order valence-electron chi connectivity index (χ4n) is 3.15. The highest BCUT2D eigenvalue weighted by Gasteiger charge is 2.26. The number of nitrogens with one attached hydrogen (secondary N) is 1. The van der Waals surface area contributed by atoms with E-state index in [9.17, 15) is 9.59 Å². The van der Waals surface area contributed by atoms with Crippen LogP contribution in [0.15, 0.2) is 40.3 Å². The highest BCUT2D eigenvalue weighted by Crippen LogP contribution is 2.19. The Balaban J connectivity index is 1.77. The van der Waals surface area contributed by atoms with Crippen LogP contribution < -0.4 is 10.1 Å². The van der Waals surface area contributed by atoms with Gasteiger partial charge < -0.3 is 10.1 Å². The number of aromatic nitrogens is 2. The van der Waals surface area contributed by atoms with Crippen molar-refractivity contribution >= 4 is 29.3 Å². The van der Waals surface area contributed by atoms with E-state index in [1.807, 2.05) is 6.92 Å². The molecule has 8 nitrogen and oxygen atoms in total. The zero-order valence-electron chi connectivity index (χ0n) is 17.8. The van der Waals surface area contributed by atoms with Gasteiger partial charge in [0, 0.05) is 17.3 Å². The number of unbranched alkanes of at least 4 members (excludes halogenated alkanes) is 1. The van der Waals surface area contributed by atoms with Crippen molar-refractivity contribution in [2.24, 2.45) is 15.9 Å². The molecule has 0 saturated heterocycles. The van der Waals surface area contributed by atoms with Crippen LogP contribution in [0, 0.1) is 12.8 Å². The van der Waals surface area contributed by atoms with Gasteiger partial charge in [-0.1, -0.05) is 20.3 Å². The zero-order valence-corrected chi connectivity index (χ0v) is 17.8. The van der Waals surface area contributed by atoms with Crippen LogP contribution in [-0.2, 0) is 4.79 Å². The maximum absolute atomic E-state index is 12.7. The molecule has 1 N–H and O–H groups in total. The average molecular weight is 409 g/mol. The van der Waals surface area contributed by atoms with Crippen molar-refractivity contribution < 1.29 is 14.3 Å². The minimum absolute atomic E-state index is 0.158. The predicted molar refractivity (Wildman–Crippen MR) is 116 cm³/mol. The Morgan fingerprint density at radius 1 is 1.17 bits per heavy atom. The second kappa shape index (κ2) is 9.47. The summed E-state index contributed by atoms with van der Waals surface area (Å²) in [7, 11) is 0. The fraction of sp³-hybridized carbons (Fsp3) is 0.409. The molecule has 0 saturated carbocycles. The number of aliphatic imine (C=N–C) groups is 2. The summed E-state index contributed by atoms with van der Waals surface area (Å²) in [6.07, 6.45) is 2.69. The van der Waals surface area contributed by atoms with Gasteiger partial charge in [0.2, 0.25) is 0 Å². The number of aryl methyl sites for hydroxylation is 1. The Kier molecular flexibility index (Phi) is 6.76. The van der Waals surface area contributed by atoms with E-state index in [0.717, 1.165) is 18.6 Å². The van der Waals surface area contributed by atoms with Crippen molar-refractivity contribution in [3.8, 4) is 5.75 Å². The monoisotopic (exact) mass is 409 g/mol. The van der Waals surface area contributed by atoms with E-state index in [1.165, 1.54) is 4.68 Å². The van der Waals surface area contributed by atoms with Crippen LogP contribution in [0.2, 0.25) is 0 Å². The third-order valence-electron chi connectivity index (χ3n) is 4.84. The Morgan fingerprint density at radius 2 is 1.90 bits per heavy atom. The SMILES string of the molecule is CCCCOc1ccc(C(=O)Nc2cc(C)nn2C2=NC(=O)C(CC)C(C)=N2)cc1. The van der Waals surface area contributed by atoms with E-state index in [4.69, 9.17) is 4.74 Å². The van der Waals surface area contributed by atoms with Gasteiger partial charge in [0.1, 0.15) is 11.6 Å². The Morgan fingerprint density at radius 3 is 2.53 bits per heavy atom. The molecule has 0 spiro atoms. The molecule has 0 fully saturated rings. The molecule has 0 bridgehead atoms. The summed E-state index contributed by atoms with van der Waals surface area (Å²) in [6, 6.07) is 8.68. The van der Waals surface area contributed by atoms with Crippen molar-refractivity contribution in [1.82, 2.24) is 9.78 Å². The number of carbonyl (C=O) groups excluding carboxylic acids is 2. The van der Waals surface area contributed by atoms with Crippen molar-refractivity contribution in [1.29, 1.82) is 0 Å². The Hall–Kier alpha value is -3.29. The summed E-state index contributed by atoms with van der Waals surface area (Å²) >= 11 is 0. The summed E-state index contributed by atoms with van der Waals surface area (Å²) in [5, 5.41) is 7.18. The lowest BCUT2D eigenvalue weighted by Crippen LogP contribution is -2.30. The van der Waals surface area contributed by atoms with Gasteiger partial charge in [-0.2, -0.15) is 14.8 Å². The molecule has 2 aromatic rings. The van der Waals surface area contributed by atoms with E-state index in [-0.39, 0.29) is 23.7 Å². The highest BCUT2D eigenvalue weighted by molar-refractivity contribution is 6.15. The molecule has 2 amide bonds. The first-order valence-corrected chi connectivity index (χ1v) is 10.2. The van der Waals surface area contributed by atoms with E-state index >= 15 is 0 Å². The second-order valence-corrected chi connectivity index (χ2v) is 7.23. The largest absolute Gasteiger partial charge is 0.494 e. The smallest absolute Gasteiger partial charge is 0.257 e. The van der Waals surface area contributed by atoms with Gasteiger partial charge in [-0.15, -0.1) is 0 Å². The minimum Gasteiger partial charge on any atom is -0.494 e. The van der Waals surface area contributed by atoms with E-state index in [0.29, 0.717) is 35.8 Å². The van der Waals surface area contributed by atoms with Crippen LogP contribution in [0.3, 0.4) is 0 Å². The first kappa shape index (κ1) is 21.4. The zero-order chi connectivity index (χ0) is 21.7. The number of hydrogen-bond acceptors (Lipinski definition) is 5. The van der Waals surface area contributed by atoms with Crippen LogP contribution in [0.4, 0.5) is 5.82 Å². The van der Waals surface area contributed by atoms with Crippen molar-refractivity contribution in [2.45, 2.75) is 47.0 Å². The number of hydrogen-bond donors (Lipinski definition) is 1. The minimum atomic E-state index is -0.304. The number of benzene rings is 1. The maximum atomic E-state index is 12.7. The van der Waals surface area contributed by atoms with Crippen LogP contribution in [0.5, 0.6) is 5.75 Å². The highest BCUT2D eigenvalue weighted by atomic mass is 16.5. The van der Waals surface area contributed by atoms with Gasteiger partial charge in [0.25, 0.3) is 17.8 Å². The third-order valence-corrected chi connectivity index (χ3v) is 4.84. The van der Waals surface area contributed by atoms with E-state index in [2.05, 4.69) is 27.3 Å². The number of ether oxygens (including phenoxy) is 1. The molecule has 1 aliphatic rings. The van der Waals surface area contributed by atoms with Crippen molar-refractivity contribution in [2.75, 3.05) is 11.9 Å². The summed E-state index contributed by atoms with van der Waals surface area (Å²) in [5.74, 6) is 0.437. The van der Waals surface area contributed by atoms with E-state index in [1.54, 1.807) is 44.2 Å². The lowest BCUT2D eigenvalue weighted by atomic mass is 10.00. The van der Waals surface area contributed by atoms with Gasteiger partial charge in [0.15, 0.2) is 0 Å². The summed E-state index contributed by atoms with van der Waals surface area (Å²) in [5.41, 5.74) is 1.85. The average Bonchev–Trinajstić information content (AvgIpc) is 3.08. The topological polar surface area (TPSA) is 97.9 Å². The Bertz CT molecular complexity index is 989. The van der Waals surface area contributed by atoms with Gasteiger partial charge in [-0.25, -0.2) is 4.99 Å². The number of carbonyl (C=O) groups is 2. The van der Waals surface area contributed by atoms with Crippen molar-refractivity contribution in [3.63, 3.8) is 0 Å². The number of rotatable bonds is 7. The molecule has 158 valence electrons. The number of nitrogens with zero attached hydrogens (tertiary/aromatic N) is 4. The van der Waals surface area contributed by atoms with Crippen LogP contribution >= 0.6 is 0 Å². The number of amides is 2. The number of anilines is 1. The summed E-state index contributed by atoms with van der Waals surface area (Å²) < 4.78 is 7.02.